The highest BCUT2D eigenvalue weighted by atomic mass is 19.1. The maximum absolute atomic E-state index is 13.0. The van der Waals surface area contributed by atoms with Gasteiger partial charge in [-0.3, -0.25) is 4.79 Å². The fourth-order valence-electron chi connectivity index (χ4n) is 2.18. The number of anilines is 1. The number of benzene rings is 2. The van der Waals surface area contributed by atoms with Crippen molar-refractivity contribution in [1.82, 2.24) is 0 Å². The molecule has 2 aromatic rings. The topological polar surface area (TPSA) is 64.6 Å². The van der Waals surface area contributed by atoms with Gasteiger partial charge in [0.1, 0.15) is 11.6 Å². The Kier molecular flexibility index (Phi) is 6.72. The van der Waals surface area contributed by atoms with Gasteiger partial charge >= 0.3 is 5.97 Å². The molecular formula is C20H22FNO4. The number of amides is 1. The van der Waals surface area contributed by atoms with E-state index in [2.05, 4.69) is 19.2 Å². The number of hydrogen-bond donors (Lipinski definition) is 1. The summed E-state index contributed by atoms with van der Waals surface area (Å²) in [6, 6.07) is 12.9. The fourth-order valence-corrected chi connectivity index (χ4v) is 2.18. The first-order chi connectivity index (χ1) is 12.3. The number of carbonyl (C=O) groups excluding carboxylic acids is 2. The molecule has 1 amide bonds. The van der Waals surface area contributed by atoms with Crippen LogP contribution in [-0.2, 0) is 14.3 Å². The molecule has 1 atom stereocenters. The van der Waals surface area contributed by atoms with Gasteiger partial charge in [-0.25, -0.2) is 9.18 Å². The van der Waals surface area contributed by atoms with Crippen molar-refractivity contribution < 1.29 is 23.5 Å². The Hall–Kier alpha value is -2.89. The van der Waals surface area contributed by atoms with Gasteiger partial charge < -0.3 is 14.8 Å². The van der Waals surface area contributed by atoms with Crippen LogP contribution in [-0.4, -0.2) is 24.6 Å². The zero-order valence-electron chi connectivity index (χ0n) is 15.0. The fraction of sp³-hybridized carbons (Fsp3) is 0.300. The van der Waals surface area contributed by atoms with Gasteiger partial charge in [0.15, 0.2) is 12.7 Å². The first kappa shape index (κ1) is 19.4. The van der Waals surface area contributed by atoms with Gasteiger partial charge in [-0.1, -0.05) is 32.0 Å². The molecule has 1 N–H and O–H groups in total. The monoisotopic (exact) mass is 359 g/mol. The minimum Gasteiger partial charge on any atom is -0.482 e. The van der Waals surface area contributed by atoms with Gasteiger partial charge in [0.25, 0.3) is 5.91 Å². The van der Waals surface area contributed by atoms with Gasteiger partial charge in [-0.2, -0.15) is 0 Å². The Bertz CT molecular complexity index is 759. The molecule has 2 rings (SSSR count). The molecule has 0 spiro atoms. The predicted molar refractivity (Wildman–Crippen MR) is 96.6 cm³/mol. The van der Waals surface area contributed by atoms with E-state index >= 15 is 0 Å². The molecule has 0 aromatic heterocycles. The van der Waals surface area contributed by atoms with Crippen LogP contribution in [0.25, 0.3) is 0 Å². The molecule has 0 saturated heterocycles. The van der Waals surface area contributed by atoms with Crippen molar-refractivity contribution in [2.24, 2.45) is 0 Å². The third kappa shape index (κ3) is 5.88. The van der Waals surface area contributed by atoms with Crippen molar-refractivity contribution in [3.8, 4) is 5.75 Å². The van der Waals surface area contributed by atoms with E-state index in [1.807, 2.05) is 12.1 Å². The first-order valence-corrected chi connectivity index (χ1v) is 8.34. The van der Waals surface area contributed by atoms with E-state index in [1.165, 1.54) is 25.1 Å². The quantitative estimate of drug-likeness (QED) is 0.762. The molecule has 0 bridgehead atoms. The number of hydrogen-bond acceptors (Lipinski definition) is 4. The van der Waals surface area contributed by atoms with Crippen LogP contribution in [0, 0.1) is 5.82 Å². The zero-order chi connectivity index (χ0) is 19.1. The van der Waals surface area contributed by atoms with Gasteiger partial charge in [-0.05, 0) is 42.7 Å². The van der Waals surface area contributed by atoms with Crippen LogP contribution >= 0.6 is 0 Å². The first-order valence-electron chi connectivity index (χ1n) is 8.34. The number of ether oxygens (including phenoxy) is 2. The maximum Gasteiger partial charge on any atom is 0.344 e. The van der Waals surface area contributed by atoms with E-state index in [4.69, 9.17) is 9.47 Å². The molecule has 5 nitrogen and oxygen atoms in total. The molecular weight excluding hydrogens is 337 g/mol. The summed E-state index contributed by atoms with van der Waals surface area (Å²) in [5.41, 5.74) is 1.79. The lowest BCUT2D eigenvalue weighted by atomic mass is 10.0. The van der Waals surface area contributed by atoms with E-state index < -0.39 is 30.4 Å². The Morgan fingerprint density at radius 3 is 2.38 bits per heavy atom. The van der Waals surface area contributed by atoms with Crippen molar-refractivity contribution in [3.05, 3.63) is 59.9 Å². The Labute approximate surface area is 152 Å². The molecule has 6 heteroatoms. The molecule has 0 unspecified atom stereocenters. The summed E-state index contributed by atoms with van der Waals surface area (Å²) < 4.78 is 23.2. The zero-order valence-corrected chi connectivity index (χ0v) is 15.0. The molecule has 0 aliphatic carbocycles. The lowest BCUT2D eigenvalue weighted by Crippen LogP contribution is -2.31. The molecule has 0 aliphatic rings. The highest BCUT2D eigenvalue weighted by Gasteiger charge is 2.18. The smallest absolute Gasteiger partial charge is 0.344 e. The minimum absolute atomic E-state index is 0.212. The van der Waals surface area contributed by atoms with Crippen LogP contribution in [0.2, 0.25) is 0 Å². The lowest BCUT2D eigenvalue weighted by Gasteiger charge is -2.14. The van der Waals surface area contributed by atoms with E-state index in [-0.39, 0.29) is 5.75 Å². The summed E-state index contributed by atoms with van der Waals surface area (Å²) in [5.74, 6) is -1.01. The van der Waals surface area contributed by atoms with Crippen LogP contribution in [0.15, 0.2) is 48.5 Å². The average molecular weight is 359 g/mol. The van der Waals surface area contributed by atoms with Crippen molar-refractivity contribution in [2.75, 3.05) is 11.9 Å². The van der Waals surface area contributed by atoms with Crippen LogP contribution in [0.5, 0.6) is 5.75 Å². The summed E-state index contributed by atoms with van der Waals surface area (Å²) in [7, 11) is 0. The second kappa shape index (κ2) is 8.99. The second-order valence-electron chi connectivity index (χ2n) is 6.14. The largest absolute Gasteiger partial charge is 0.482 e. The molecule has 138 valence electrons. The van der Waals surface area contributed by atoms with Gasteiger partial charge in [-0.15, -0.1) is 0 Å². The molecule has 26 heavy (non-hydrogen) atoms. The molecule has 0 heterocycles. The van der Waals surface area contributed by atoms with E-state index in [1.54, 1.807) is 12.1 Å². The predicted octanol–water partition coefficient (Wildman–Crippen LogP) is 3.90. The van der Waals surface area contributed by atoms with Crippen LogP contribution in [0.1, 0.15) is 32.3 Å². The number of halogens is 1. The Morgan fingerprint density at radius 1 is 1.08 bits per heavy atom. The Morgan fingerprint density at radius 2 is 1.77 bits per heavy atom. The standard InChI is InChI=1S/C20H22FNO4/c1-13(2)15-7-9-17(10-8-15)22-20(24)14(3)26-19(23)12-25-18-6-4-5-16(21)11-18/h4-11,13-14H,12H2,1-3H3,(H,22,24)/t14-/m1/s1. The van der Waals surface area contributed by atoms with E-state index in [0.717, 1.165) is 11.6 Å². The van der Waals surface area contributed by atoms with Crippen LogP contribution < -0.4 is 10.1 Å². The highest BCUT2D eigenvalue weighted by molar-refractivity contribution is 5.95. The van der Waals surface area contributed by atoms with Gasteiger partial charge in [0, 0.05) is 11.8 Å². The van der Waals surface area contributed by atoms with Gasteiger partial charge in [0.2, 0.25) is 0 Å². The normalized spacial score (nSPS) is 11.7. The second-order valence-corrected chi connectivity index (χ2v) is 6.14. The third-order valence-corrected chi connectivity index (χ3v) is 3.68. The average Bonchev–Trinajstić information content (AvgIpc) is 2.60. The van der Waals surface area contributed by atoms with Crippen molar-refractivity contribution in [2.45, 2.75) is 32.8 Å². The summed E-state index contributed by atoms with van der Waals surface area (Å²) >= 11 is 0. The summed E-state index contributed by atoms with van der Waals surface area (Å²) in [4.78, 5) is 23.9. The molecule has 0 aliphatic heterocycles. The van der Waals surface area contributed by atoms with Crippen molar-refractivity contribution in [1.29, 1.82) is 0 Å². The number of rotatable bonds is 7. The van der Waals surface area contributed by atoms with Gasteiger partial charge in [0.05, 0.1) is 0 Å². The lowest BCUT2D eigenvalue weighted by molar-refractivity contribution is -0.155. The van der Waals surface area contributed by atoms with E-state index in [9.17, 15) is 14.0 Å². The summed E-state index contributed by atoms with van der Waals surface area (Å²) in [6.45, 7) is 5.23. The number of nitrogens with one attached hydrogen (secondary N) is 1. The van der Waals surface area contributed by atoms with E-state index in [0.29, 0.717) is 11.6 Å². The summed E-state index contributed by atoms with van der Waals surface area (Å²) in [5, 5.41) is 2.69. The molecule has 0 saturated carbocycles. The van der Waals surface area contributed by atoms with Crippen molar-refractivity contribution >= 4 is 17.6 Å². The maximum atomic E-state index is 13.0. The molecule has 0 radical (unpaired) electrons. The minimum atomic E-state index is -0.983. The number of esters is 1. The SMILES string of the molecule is CC(C)c1ccc(NC(=O)[C@@H](C)OC(=O)COc2cccc(F)c2)cc1. The van der Waals surface area contributed by atoms with Crippen molar-refractivity contribution in [3.63, 3.8) is 0 Å². The molecule has 2 aromatic carbocycles. The molecule has 0 fully saturated rings. The third-order valence-electron chi connectivity index (χ3n) is 3.68. The highest BCUT2D eigenvalue weighted by Crippen LogP contribution is 2.17. The summed E-state index contributed by atoms with van der Waals surface area (Å²) in [6.07, 6.45) is -0.983. The van der Waals surface area contributed by atoms with Crippen LogP contribution in [0.3, 0.4) is 0 Å². The Balaban J connectivity index is 1.81. The number of carbonyl (C=O) groups is 2. The van der Waals surface area contributed by atoms with Crippen LogP contribution in [0.4, 0.5) is 10.1 Å².